The van der Waals surface area contributed by atoms with Gasteiger partial charge in [0.15, 0.2) is 0 Å². The highest BCUT2D eigenvalue weighted by molar-refractivity contribution is 7.17. The minimum absolute atomic E-state index is 0.0173. The number of benzene rings is 1. The molecule has 0 aliphatic rings. The van der Waals surface area contributed by atoms with E-state index in [-0.39, 0.29) is 18.1 Å². The molecule has 13 heavy (non-hydrogen) atoms. The number of hydrogen-bond acceptors (Lipinski definition) is 4. The molecule has 1 aromatic carbocycles. The normalized spacial score (nSPS) is 10.8. The number of aliphatic hydroxyl groups excluding tert-OH is 1. The van der Waals surface area contributed by atoms with Crippen molar-refractivity contribution in [2.45, 2.75) is 6.61 Å². The van der Waals surface area contributed by atoms with E-state index in [1.54, 1.807) is 11.4 Å². The molecule has 0 atom stereocenters. The Morgan fingerprint density at radius 1 is 1.15 bits per heavy atom. The molecule has 0 amide bonds. The SMILES string of the molecule is OCc1cc2scc(O)c2cc1O. The molecule has 0 bridgehead atoms. The number of phenols is 1. The third kappa shape index (κ3) is 1.24. The van der Waals surface area contributed by atoms with E-state index in [1.165, 1.54) is 17.4 Å². The average Bonchev–Trinajstić information content (AvgIpc) is 2.47. The molecule has 2 aromatic rings. The summed E-state index contributed by atoms with van der Waals surface area (Å²) in [6.07, 6.45) is 0. The summed E-state index contributed by atoms with van der Waals surface area (Å²) in [5.41, 5.74) is 0.481. The third-order valence-corrected chi connectivity index (χ3v) is 2.86. The first-order chi connectivity index (χ1) is 6.22. The van der Waals surface area contributed by atoms with Gasteiger partial charge in [-0.25, -0.2) is 0 Å². The first-order valence-corrected chi connectivity index (χ1v) is 4.63. The molecule has 0 fully saturated rings. The Hall–Kier alpha value is -1.26. The Balaban J connectivity index is 2.76. The fraction of sp³-hybridized carbons (Fsp3) is 0.111. The maximum absolute atomic E-state index is 9.38. The molecule has 4 heteroatoms. The summed E-state index contributed by atoms with van der Waals surface area (Å²) in [5.74, 6) is 0.184. The van der Waals surface area contributed by atoms with Gasteiger partial charge in [0.1, 0.15) is 11.5 Å². The van der Waals surface area contributed by atoms with Crippen molar-refractivity contribution in [3.05, 3.63) is 23.1 Å². The van der Waals surface area contributed by atoms with Gasteiger partial charge in [-0.2, -0.15) is 0 Å². The number of thiophene rings is 1. The lowest BCUT2D eigenvalue weighted by Crippen LogP contribution is -1.82. The van der Waals surface area contributed by atoms with E-state index in [1.807, 2.05) is 0 Å². The quantitative estimate of drug-likeness (QED) is 0.651. The van der Waals surface area contributed by atoms with Crippen molar-refractivity contribution in [1.29, 1.82) is 0 Å². The first kappa shape index (κ1) is 8.34. The van der Waals surface area contributed by atoms with E-state index in [0.29, 0.717) is 10.9 Å². The Labute approximate surface area is 78.5 Å². The van der Waals surface area contributed by atoms with E-state index in [9.17, 15) is 10.2 Å². The highest BCUT2D eigenvalue weighted by Crippen LogP contribution is 2.35. The van der Waals surface area contributed by atoms with Crippen molar-refractivity contribution < 1.29 is 15.3 Å². The first-order valence-electron chi connectivity index (χ1n) is 3.75. The van der Waals surface area contributed by atoms with Crippen molar-refractivity contribution in [2.75, 3.05) is 0 Å². The monoisotopic (exact) mass is 196 g/mol. The molecule has 0 saturated heterocycles. The fourth-order valence-corrected chi connectivity index (χ4v) is 2.08. The van der Waals surface area contributed by atoms with E-state index < -0.39 is 0 Å². The lowest BCUT2D eigenvalue weighted by Gasteiger charge is -2.00. The smallest absolute Gasteiger partial charge is 0.134 e. The fourth-order valence-electron chi connectivity index (χ4n) is 1.22. The minimum Gasteiger partial charge on any atom is -0.508 e. The second-order valence-electron chi connectivity index (χ2n) is 2.76. The molecule has 0 spiro atoms. The summed E-state index contributed by atoms with van der Waals surface area (Å²) in [7, 11) is 0. The van der Waals surface area contributed by atoms with E-state index in [2.05, 4.69) is 0 Å². The second-order valence-corrected chi connectivity index (χ2v) is 3.67. The van der Waals surface area contributed by atoms with Crippen molar-refractivity contribution in [3.8, 4) is 11.5 Å². The van der Waals surface area contributed by atoms with Crippen LogP contribution in [0.4, 0.5) is 0 Å². The molecular weight excluding hydrogens is 188 g/mol. The molecule has 1 aromatic heterocycles. The Morgan fingerprint density at radius 2 is 1.92 bits per heavy atom. The Kier molecular flexibility index (Phi) is 1.86. The standard InChI is InChI=1S/C9H8O3S/c10-3-5-1-9-6(2-7(5)11)8(12)4-13-9/h1-2,4,10-12H,3H2. The van der Waals surface area contributed by atoms with Gasteiger partial charge in [-0.3, -0.25) is 0 Å². The van der Waals surface area contributed by atoms with Gasteiger partial charge in [0.2, 0.25) is 0 Å². The maximum Gasteiger partial charge on any atom is 0.134 e. The molecule has 0 unspecified atom stereocenters. The van der Waals surface area contributed by atoms with E-state index in [4.69, 9.17) is 5.11 Å². The van der Waals surface area contributed by atoms with Gasteiger partial charge >= 0.3 is 0 Å². The highest BCUT2D eigenvalue weighted by Gasteiger charge is 2.07. The second kappa shape index (κ2) is 2.90. The molecule has 0 aliphatic heterocycles. The van der Waals surface area contributed by atoms with Crippen molar-refractivity contribution >= 4 is 21.4 Å². The van der Waals surface area contributed by atoms with Crippen LogP contribution in [-0.4, -0.2) is 15.3 Å². The van der Waals surface area contributed by atoms with Crippen LogP contribution in [0.15, 0.2) is 17.5 Å². The van der Waals surface area contributed by atoms with Crippen molar-refractivity contribution in [2.24, 2.45) is 0 Å². The summed E-state index contributed by atoms with van der Waals surface area (Å²) in [4.78, 5) is 0. The summed E-state index contributed by atoms with van der Waals surface area (Å²) in [6, 6.07) is 3.14. The topological polar surface area (TPSA) is 60.7 Å². The summed E-state index contributed by atoms with van der Waals surface area (Å²) in [6.45, 7) is -0.194. The molecule has 3 N–H and O–H groups in total. The Bertz CT molecular complexity index is 447. The Morgan fingerprint density at radius 3 is 2.62 bits per heavy atom. The van der Waals surface area contributed by atoms with Gasteiger partial charge in [-0.1, -0.05) is 0 Å². The number of rotatable bonds is 1. The predicted octanol–water partition coefficient (Wildman–Crippen LogP) is 1.80. The van der Waals surface area contributed by atoms with Gasteiger partial charge in [0.25, 0.3) is 0 Å². The third-order valence-electron chi connectivity index (χ3n) is 1.92. The van der Waals surface area contributed by atoms with Crippen LogP contribution in [0.3, 0.4) is 0 Å². The predicted molar refractivity (Wildman–Crippen MR) is 51.1 cm³/mol. The van der Waals surface area contributed by atoms with Crippen LogP contribution in [0.1, 0.15) is 5.56 Å². The van der Waals surface area contributed by atoms with E-state index >= 15 is 0 Å². The van der Waals surface area contributed by atoms with Crippen LogP contribution in [0, 0.1) is 0 Å². The molecule has 0 radical (unpaired) electrons. The largest absolute Gasteiger partial charge is 0.508 e. The van der Waals surface area contributed by atoms with Gasteiger partial charge in [-0.15, -0.1) is 11.3 Å². The van der Waals surface area contributed by atoms with Crippen LogP contribution >= 0.6 is 11.3 Å². The molecule has 0 aliphatic carbocycles. The van der Waals surface area contributed by atoms with Crippen molar-refractivity contribution in [1.82, 2.24) is 0 Å². The number of fused-ring (bicyclic) bond motifs is 1. The zero-order valence-corrected chi connectivity index (χ0v) is 7.51. The van der Waals surface area contributed by atoms with Crippen LogP contribution in [0.25, 0.3) is 10.1 Å². The van der Waals surface area contributed by atoms with Crippen LogP contribution in [0.2, 0.25) is 0 Å². The molecule has 3 nitrogen and oxygen atoms in total. The van der Waals surface area contributed by atoms with Gasteiger partial charge < -0.3 is 15.3 Å². The number of aliphatic hydroxyl groups is 1. The molecule has 1 heterocycles. The number of hydrogen-bond donors (Lipinski definition) is 3. The zero-order valence-electron chi connectivity index (χ0n) is 6.69. The molecule has 0 saturated carbocycles. The average molecular weight is 196 g/mol. The van der Waals surface area contributed by atoms with Gasteiger partial charge in [0, 0.05) is 21.0 Å². The lowest BCUT2D eigenvalue weighted by atomic mass is 10.1. The van der Waals surface area contributed by atoms with Crippen LogP contribution < -0.4 is 0 Å². The molecule has 2 rings (SSSR count). The van der Waals surface area contributed by atoms with Gasteiger partial charge in [-0.05, 0) is 12.1 Å². The highest BCUT2D eigenvalue weighted by atomic mass is 32.1. The van der Waals surface area contributed by atoms with Crippen molar-refractivity contribution in [3.63, 3.8) is 0 Å². The minimum atomic E-state index is -0.194. The number of aromatic hydroxyl groups is 2. The van der Waals surface area contributed by atoms with Crippen LogP contribution in [-0.2, 0) is 6.61 Å². The maximum atomic E-state index is 9.38. The van der Waals surface area contributed by atoms with Gasteiger partial charge in [0.05, 0.1) is 6.61 Å². The lowest BCUT2D eigenvalue weighted by molar-refractivity contribution is 0.276. The zero-order chi connectivity index (χ0) is 9.42. The van der Waals surface area contributed by atoms with E-state index in [0.717, 1.165) is 4.70 Å². The summed E-state index contributed by atoms with van der Waals surface area (Å²) >= 11 is 1.38. The molecule has 68 valence electrons. The molecular formula is C9H8O3S. The summed E-state index contributed by atoms with van der Waals surface area (Å²) in [5, 5.41) is 29.8. The van der Waals surface area contributed by atoms with Crippen LogP contribution in [0.5, 0.6) is 11.5 Å². The summed E-state index contributed by atoms with van der Waals surface area (Å²) < 4.78 is 0.861.